The van der Waals surface area contributed by atoms with Crippen LogP contribution >= 0.6 is 22.7 Å². The number of thiophene rings is 2. The third-order valence-corrected chi connectivity index (χ3v) is 6.01. The summed E-state index contributed by atoms with van der Waals surface area (Å²) in [5.41, 5.74) is 0. The van der Waals surface area contributed by atoms with E-state index in [1.165, 1.54) is 0 Å². The summed E-state index contributed by atoms with van der Waals surface area (Å²) in [5, 5.41) is 4.33. The molecular formula is C8H6MgS2. The molecule has 2 aromatic heterocycles. The Balaban J connectivity index is 2.14. The molecule has 52 valence electrons. The molecule has 0 spiro atoms. The standard InChI is InChI=1S/2C4H3S.Mg/c2*1-2-4-5-3-1;/h2*1-3H;. The third kappa shape index (κ3) is 2.05. The minimum atomic E-state index is -0.113. The topological polar surface area (TPSA) is 0 Å². The van der Waals surface area contributed by atoms with Gasteiger partial charge in [-0.15, -0.1) is 6.01 Å². The van der Waals surface area contributed by atoms with Gasteiger partial charge < -0.3 is 0 Å². The Kier molecular flexibility index (Phi) is 2.63. The molecule has 3 heteroatoms. The highest BCUT2D eigenvalue weighted by atomic mass is 32.1. The van der Waals surface area contributed by atoms with Gasteiger partial charge in [0.2, 0.25) is 0 Å². The predicted octanol–water partition coefficient (Wildman–Crippen LogP) is 1.46. The summed E-state index contributed by atoms with van der Waals surface area (Å²) in [6, 6.07) is 8.77. The first-order valence-corrected chi connectivity index (χ1v) is 6.67. The molecule has 0 saturated heterocycles. The lowest BCUT2D eigenvalue weighted by Gasteiger charge is -1.86. The number of hydrogen-bond donors (Lipinski definition) is 0. The molecule has 0 amide bonds. The van der Waals surface area contributed by atoms with E-state index in [1.54, 1.807) is 6.01 Å². The van der Waals surface area contributed by atoms with Gasteiger partial charge in [0.15, 0.2) is 0 Å². The second kappa shape index (κ2) is 3.71. The third-order valence-electron chi connectivity index (χ3n) is 1.51. The zero-order valence-electron chi connectivity index (χ0n) is 5.99. The Morgan fingerprint density at radius 2 is 1.45 bits per heavy atom. The normalized spacial score (nSPS) is 9.45. The predicted molar refractivity (Wildman–Crippen MR) is 53.7 cm³/mol. The summed E-state index contributed by atoms with van der Waals surface area (Å²) in [6.07, 6.45) is 0. The molecule has 0 nitrogen and oxygen atoms in total. The van der Waals surface area contributed by atoms with Crippen molar-refractivity contribution < 1.29 is 0 Å². The first kappa shape index (κ1) is 7.80. The summed E-state index contributed by atoms with van der Waals surface area (Å²) in [6.45, 7) is 0. The van der Waals surface area contributed by atoms with Crippen molar-refractivity contribution in [1.29, 1.82) is 0 Å². The van der Waals surface area contributed by atoms with Crippen LogP contribution in [0.5, 0.6) is 0 Å². The minimum absolute atomic E-state index is 0.113. The van der Waals surface area contributed by atoms with E-state index in [0.29, 0.717) is 0 Å². The molecule has 0 aliphatic rings. The van der Waals surface area contributed by atoms with E-state index >= 15 is 0 Å². The van der Waals surface area contributed by atoms with Crippen LogP contribution in [0, 0.1) is 0 Å². The van der Waals surface area contributed by atoms with Crippen molar-refractivity contribution in [2.45, 2.75) is 0 Å². The van der Waals surface area contributed by atoms with Gasteiger partial charge in [0.05, 0.1) is 0 Å². The van der Waals surface area contributed by atoms with Gasteiger partial charge in [-0.1, -0.05) is 24.3 Å². The van der Waals surface area contributed by atoms with Gasteiger partial charge in [-0.2, -0.15) is 22.7 Å². The van der Waals surface area contributed by atoms with Crippen molar-refractivity contribution in [1.82, 2.24) is 0 Å². The molecule has 0 aliphatic carbocycles. The lowest BCUT2D eigenvalue weighted by molar-refractivity contribution is 2.05. The molecule has 0 aliphatic heterocycles. The highest BCUT2D eigenvalue weighted by Gasteiger charge is 2.02. The van der Waals surface area contributed by atoms with E-state index in [-0.39, 0.29) is 20.4 Å². The fraction of sp³-hybridized carbons (Fsp3) is 0. The van der Waals surface area contributed by atoms with Crippen LogP contribution in [-0.4, -0.2) is 20.4 Å². The summed E-state index contributed by atoms with van der Waals surface area (Å²) in [7, 11) is 0. The van der Waals surface area contributed by atoms with Gasteiger partial charge in [0.25, 0.3) is 0 Å². The summed E-state index contributed by atoms with van der Waals surface area (Å²) in [4.78, 5) is 0. The molecule has 11 heavy (non-hydrogen) atoms. The second-order valence-electron chi connectivity index (χ2n) is 2.34. The summed E-state index contributed by atoms with van der Waals surface area (Å²) in [5.74, 6) is 0. The van der Waals surface area contributed by atoms with Crippen molar-refractivity contribution in [2.24, 2.45) is 0 Å². The molecule has 0 N–H and O–H groups in total. The maximum Gasteiger partial charge on any atom is 0.482 e. The lowest BCUT2D eigenvalue weighted by Crippen LogP contribution is -2.20. The smallest absolute Gasteiger partial charge is 0.181 e. The summed E-state index contributed by atoms with van der Waals surface area (Å²) < 4.78 is 3.18. The molecular weight excluding hydrogens is 185 g/mol. The summed E-state index contributed by atoms with van der Waals surface area (Å²) >= 11 is 3.67. The Bertz CT molecular complexity index is 264. The van der Waals surface area contributed by atoms with Crippen molar-refractivity contribution in [2.75, 3.05) is 0 Å². The van der Waals surface area contributed by atoms with Crippen LogP contribution in [0.4, 0.5) is 0 Å². The second-order valence-corrected chi connectivity index (χ2v) is 7.30. The maximum absolute atomic E-state index is 2.25. The van der Waals surface area contributed by atoms with Gasteiger partial charge in [-0.05, 0) is 10.8 Å². The fourth-order valence-electron chi connectivity index (χ4n) is 0.998. The van der Waals surface area contributed by atoms with Crippen molar-refractivity contribution in [3.8, 4) is 0 Å². The van der Waals surface area contributed by atoms with Crippen LogP contribution in [-0.2, 0) is 0 Å². The molecule has 0 unspecified atom stereocenters. The Labute approximate surface area is 83.6 Å². The van der Waals surface area contributed by atoms with Gasteiger partial charge >= 0.3 is 20.4 Å². The Hall–Kier alpha value is 0.166. The van der Waals surface area contributed by atoms with Gasteiger partial charge in [-0.3, -0.25) is 0 Å². The molecule has 2 aromatic rings. The molecule has 0 atom stereocenters. The van der Waals surface area contributed by atoms with E-state index in [9.17, 15) is 0 Å². The molecule has 2 rings (SSSR count). The molecule has 0 saturated carbocycles. The quantitative estimate of drug-likeness (QED) is 0.629. The maximum atomic E-state index is 2.25. The zero-order valence-corrected chi connectivity index (χ0v) is 9.03. The van der Waals surface area contributed by atoms with Crippen LogP contribution in [0.15, 0.2) is 35.0 Å². The van der Waals surface area contributed by atoms with Crippen molar-refractivity contribution in [3.05, 3.63) is 35.0 Å². The van der Waals surface area contributed by atoms with E-state index < -0.39 is 0 Å². The van der Waals surface area contributed by atoms with Crippen LogP contribution < -0.4 is 6.01 Å². The largest absolute Gasteiger partial charge is 0.482 e. The van der Waals surface area contributed by atoms with Crippen molar-refractivity contribution >= 4 is 49.1 Å². The Morgan fingerprint density at radius 3 is 1.82 bits per heavy atom. The van der Waals surface area contributed by atoms with E-state index in [2.05, 4.69) is 35.0 Å². The first-order valence-electron chi connectivity index (χ1n) is 3.50. The van der Waals surface area contributed by atoms with Gasteiger partial charge in [0.1, 0.15) is 0 Å². The monoisotopic (exact) mass is 190 g/mol. The SMILES string of the molecule is c1cs[c]([Mg][c]2cccs2)c1. The highest BCUT2D eigenvalue weighted by Crippen LogP contribution is 1.95. The van der Waals surface area contributed by atoms with Gasteiger partial charge in [0, 0.05) is 0 Å². The van der Waals surface area contributed by atoms with Crippen LogP contribution in [0.25, 0.3) is 0 Å². The fourth-order valence-corrected chi connectivity index (χ4v) is 5.28. The lowest BCUT2D eigenvalue weighted by atomic mass is 10.7. The van der Waals surface area contributed by atoms with Crippen LogP contribution in [0.2, 0.25) is 0 Å². The molecule has 0 fully saturated rings. The first-order chi connectivity index (χ1) is 5.45. The molecule has 0 aromatic carbocycles. The minimum Gasteiger partial charge on any atom is -0.181 e. The van der Waals surface area contributed by atoms with Crippen LogP contribution in [0.3, 0.4) is 0 Å². The molecule has 2 heterocycles. The van der Waals surface area contributed by atoms with E-state index in [1.807, 2.05) is 22.7 Å². The van der Waals surface area contributed by atoms with Gasteiger partial charge in [-0.25, -0.2) is 0 Å². The van der Waals surface area contributed by atoms with Crippen molar-refractivity contribution in [3.63, 3.8) is 0 Å². The average Bonchev–Trinajstić information content (AvgIpc) is 2.60. The number of hydrogen-bond acceptors (Lipinski definition) is 2. The van der Waals surface area contributed by atoms with E-state index in [0.717, 1.165) is 0 Å². The number of rotatable bonds is 2. The average molecular weight is 191 g/mol. The molecule has 0 bridgehead atoms. The van der Waals surface area contributed by atoms with E-state index in [4.69, 9.17) is 0 Å². The van der Waals surface area contributed by atoms with Crippen LogP contribution in [0.1, 0.15) is 0 Å². The molecule has 0 radical (unpaired) electrons. The zero-order chi connectivity index (χ0) is 7.52. The Morgan fingerprint density at radius 1 is 0.909 bits per heavy atom. The highest BCUT2D eigenvalue weighted by molar-refractivity contribution is 7.27.